The normalized spacial score (nSPS) is 27.5. The second kappa shape index (κ2) is 4.04. The fraction of sp³-hybridized carbons (Fsp3) is 0.500. The summed E-state index contributed by atoms with van der Waals surface area (Å²) < 4.78 is 0. The first-order valence-corrected chi connectivity index (χ1v) is 5.69. The highest BCUT2D eigenvalue weighted by Gasteiger charge is 2.43. The van der Waals surface area contributed by atoms with Crippen LogP contribution in [0.3, 0.4) is 0 Å². The number of carboxylic acid groups (broad SMARTS) is 1. The number of carbonyl (C=O) groups excluding carboxylic acids is 2. The molecule has 0 aliphatic carbocycles. The molecule has 0 spiro atoms. The number of carboxylic acids is 1. The van der Waals surface area contributed by atoms with Gasteiger partial charge >= 0.3 is 5.97 Å². The van der Waals surface area contributed by atoms with Crippen LogP contribution in [0.4, 0.5) is 0 Å². The molecule has 0 aromatic heterocycles. The van der Waals surface area contributed by atoms with Crippen molar-refractivity contribution in [3.8, 4) is 0 Å². The van der Waals surface area contributed by atoms with Crippen LogP contribution in [0.1, 0.15) is 20.3 Å². The first-order valence-electron chi connectivity index (χ1n) is 5.69. The van der Waals surface area contributed by atoms with E-state index in [2.05, 4.69) is 4.99 Å². The van der Waals surface area contributed by atoms with Crippen molar-refractivity contribution in [3.63, 3.8) is 0 Å². The van der Waals surface area contributed by atoms with Crippen molar-refractivity contribution in [2.45, 2.75) is 26.3 Å². The van der Waals surface area contributed by atoms with E-state index in [0.717, 1.165) is 0 Å². The van der Waals surface area contributed by atoms with Gasteiger partial charge in [-0.1, -0.05) is 0 Å². The Balaban J connectivity index is 2.43. The second-order valence-corrected chi connectivity index (χ2v) is 4.57. The zero-order chi connectivity index (χ0) is 13.6. The fourth-order valence-electron chi connectivity index (χ4n) is 2.53. The number of carbonyl (C=O) groups is 3. The van der Waals surface area contributed by atoms with E-state index >= 15 is 0 Å². The number of dihydropyridines is 1. The molecule has 1 N–H and O–H groups in total. The zero-order valence-corrected chi connectivity index (χ0v) is 10.4. The molecule has 1 amide bonds. The number of aliphatic imine (C=N–C) groups is 1. The van der Waals surface area contributed by atoms with Crippen molar-refractivity contribution in [3.05, 3.63) is 11.3 Å². The summed E-state index contributed by atoms with van der Waals surface area (Å²) in [4.78, 5) is 40.3. The highest BCUT2D eigenvalue weighted by molar-refractivity contribution is 6.49. The van der Waals surface area contributed by atoms with Gasteiger partial charge < -0.3 is 10.0 Å². The van der Waals surface area contributed by atoms with Gasteiger partial charge in [-0.2, -0.15) is 0 Å². The summed E-state index contributed by atoms with van der Waals surface area (Å²) in [5.41, 5.74) is 1.04. The monoisotopic (exact) mass is 250 g/mol. The predicted octanol–water partition coefficient (Wildman–Crippen LogP) is 0.235. The molecule has 2 aliphatic heterocycles. The third-order valence-electron chi connectivity index (χ3n) is 3.34. The number of ketones is 1. The van der Waals surface area contributed by atoms with Gasteiger partial charge in [0, 0.05) is 12.6 Å². The quantitative estimate of drug-likeness (QED) is 0.760. The van der Waals surface area contributed by atoms with E-state index in [1.165, 1.54) is 4.90 Å². The summed E-state index contributed by atoms with van der Waals surface area (Å²) in [6, 6.07) is -0.356. The average molecular weight is 250 g/mol. The summed E-state index contributed by atoms with van der Waals surface area (Å²) in [7, 11) is 1.61. The highest BCUT2D eigenvalue weighted by Crippen LogP contribution is 2.35. The van der Waals surface area contributed by atoms with Crippen LogP contribution in [0.5, 0.6) is 0 Å². The Morgan fingerprint density at radius 1 is 1.39 bits per heavy atom. The summed E-state index contributed by atoms with van der Waals surface area (Å²) in [5.74, 6) is -2.16. The molecule has 18 heavy (non-hydrogen) atoms. The number of hydrogen-bond donors (Lipinski definition) is 1. The Morgan fingerprint density at radius 2 is 2.00 bits per heavy atom. The second-order valence-electron chi connectivity index (χ2n) is 4.57. The molecule has 0 fully saturated rings. The third kappa shape index (κ3) is 1.64. The first kappa shape index (κ1) is 12.5. The number of amides is 1. The van der Waals surface area contributed by atoms with Crippen molar-refractivity contribution >= 4 is 23.4 Å². The van der Waals surface area contributed by atoms with Crippen molar-refractivity contribution in [2.75, 3.05) is 7.05 Å². The third-order valence-corrected chi connectivity index (χ3v) is 3.34. The lowest BCUT2D eigenvalue weighted by Gasteiger charge is -2.22. The smallest absolute Gasteiger partial charge is 0.309 e. The van der Waals surface area contributed by atoms with E-state index < -0.39 is 24.1 Å². The van der Waals surface area contributed by atoms with Crippen LogP contribution >= 0.6 is 0 Å². The molecule has 0 aromatic carbocycles. The summed E-state index contributed by atoms with van der Waals surface area (Å²) in [6.07, 6.45) is -0.398. The summed E-state index contributed by atoms with van der Waals surface area (Å²) >= 11 is 0. The van der Waals surface area contributed by atoms with Gasteiger partial charge in [0.1, 0.15) is 0 Å². The number of aliphatic carboxylic acids is 1. The number of hydrogen-bond acceptors (Lipinski definition) is 4. The first-order chi connectivity index (χ1) is 8.34. The van der Waals surface area contributed by atoms with Gasteiger partial charge in [0.05, 0.1) is 29.8 Å². The van der Waals surface area contributed by atoms with Gasteiger partial charge in [0.2, 0.25) is 11.7 Å². The average Bonchev–Trinajstić information content (AvgIpc) is 2.50. The van der Waals surface area contributed by atoms with Crippen LogP contribution in [-0.4, -0.2) is 46.5 Å². The van der Waals surface area contributed by atoms with E-state index in [9.17, 15) is 14.4 Å². The predicted molar refractivity (Wildman–Crippen MR) is 63.1 cm³/mol. The van der Waals surface area contributed by atoms with Gasteiger partial charge in [0.25, 0.3) is 0 Å². The fourth-order valence-corrected chi connectivity index (χ4v) is 2.53. The van der Waals surface area contributed by atoms with Crippen LogP contribution in [-0.2, 0) is 14.4 Å². The van der Waals surface area contributed by atoms with Gasteiger partial charge in [-0.15, -0.1) is 0 Å². The molecule has 2 atom stereocenters. The molecule has 96 valence electrons. The van der Waals surface area contributed by atoms with Crippen LogP contribution in [0.2, 0.25) is 0 Å². The van der Waals surface area contributed by atoms with Crippen molar-refractivity contribution in [1.29, 1.82) is 0 Å². The molecule has 6 nitrogen and oxygen atoms in total. The lowest BCUT2D eigenvalue weighted by atomic mass is 9.90. The molecule has 0 saturated heterocycles. The van der Waals surface area contributed by atoms with Crippen LogP contribution < -0.4 is 0 Å². The number of likely N-dealkylation sites (N-methyl/N-ethyl adjacent to an activating group) is 1. The van der Waals surface area contributed by atoms with Gasteiger partial charge in [-0.25, -0.2) is 0 Å². The molecular weight excluding hydrogens is 236 g/mol. The molecule has 0 saturated carbocycles. The lowest BCUT2D eigenvalue weighted by Crippen LogP contribution is -2.31. The maximum atomic E-state index is 12.2. The standard InChI is InChI=1S/C12H14N2O4/c1-5-9-10(14(3)12(5)18)6(2)13-7(11(9)17)4-8(15)16/h5-6H,4H2,1-3H3,(H,15,16). The molecule has 6 heteroatoms. The van der Waals surface area contributed by atoms with Crippen LogP contribution in [0, 0.1) is 5.92 Å². The molecule has 0 radical (unpaired) electrons. The zero-order valence-electron chi connectivity index (χ0n) is 10.4. The van der Waals surface area contributed by atoms with Crippen molar-refractivity contribution in [1.82, 2.24) is 4.90 Å². The van der Waals surface area contributed by atoms with Crippen molar-refractivity contribution < 1.29 is 19.5 Å². The summed E-state index contributed by atoms with van der Waals surface area (Å²) in [5, 5.41) is 8.75. The topological polar surface area (TPSA) is 87.0 Å². The largest absolute Gasteiger partial charge is 0.481 e. The lowest BCUT2D eigenvalue weighted by molar-refractivity contribution is -0.136. The highest BCUT2D eigenvalue weighted by atomic mass is 16.4. The van der Waals surface area contributed by atoms with E-state index in [4.69, 9.17) is 5.11 Å². The Labute approximate surface area is 104 Å². The number of rotatable bonds is 2. The van der Waals surface area contributed by atoms with Gasteiger partial charge in [0.15, 0.2) is 0 Å². The SMILES string of the molecule is CC1N=C(CC(=O)O)C(=O)C2=C1N(C)C(=O)C2C. The molecular formula is C12H14N2O4. The van der Waals surface area contributed by atoms with E-state index in [-0.39, 0.29) is 17.7 Å². The molecule has 2 rings (SSSR count). The van der Waals surface area contributed by atoms with Gasteiger partial charge in [-0.05, 0) is 13.8 Å². The molecule has 0 aromatic rings. The molecule has 2 unspecified atom stereocenters. The minimum atomic E-state index is -1.09. The Kier molecular flexibility index (Phi) is 2.80. The maximum absolute atomic E-state index is 12.2. The van der Waals surface area contributed by atoms with Crippen LogP contribution in [0.15, 0.2) is 16.3 Å². The maximum Gasteiger partial charge on any atom is 0.309 e. The minimum Gasteiger partial charge on any atom is -0.481 e. The number of Topliss-reactive ketones (excluding diaryl/α,β-unsaturated/α-hetero) is 1. The van der Waals surface area contributed by atoms with Crippen molar-refractivity contribution in [2.24, 2.45) is 10.9 Å². The Bertz CT molecular complexity index is 518. The molecule has 2 heterocycles. The van der Waals surface area contributed by atoms with E-state index in [1.807, 2.05) is 0 Å². The Morgan fingerprint density at radius 3 is 2.56 bits per heavy atom. The summed E-state index contributed by atoms with van der Waals surface area (Å²) in [6.45, 7) is 3.42. The van der Waals surface area contributed by atoms with E-state index in [0.29, 0.717) is 11.3 Å². The van der Waals surface area contributed by atoms with Crippen LogP contribution in [0.25, 0.3) is 0 Å². The van der Waals surface area contributed by atoms with E-state index in [1.54, 1.807) is 20.9 Å². The Hall–Kier alpha value is -1.98. The number of nitrogens with zero attached hydrogens (tertiary/aromatic N) is 2. The molecule has 2 aliphatic rings. The minimum absolute atomic E-state index is 0.0312. The molecule has 0 bridgehead atoms. The van der Waals surface area contributed by atoms with Gasteiger partial charge in [-0.3, -0.25) is 19.4 Å².